The third kappa shape index (κ3) is 3.02. The SMILES string of the molecule is Cc1cccc(Cl)c1Nc1cc(C2CC2)nc(NC2CC2)n1. The Balaban J connectivity index is 1.66. The van der Waals surface area contributed by atoms with Gasteiger partial charge in [0, 0.05) is 18.0 Å². The van der Waals surface area contributed by atoms with Gasteiger partial charge in [-0.3, -0.25) is 0 Å². The zero-order valence-corrected chi connectivity index (χ0v) is 13.3. The van der Waals surface area contributed by atoms with Crippen LogP contribution in [0.25, 0.3) is 0 Å². The second kappa shape index (κ2) is 5.43. The fraction of sp³-hybridized carbons (Fsp3) is 0.412. The molecule has 4 nitrogen and oxygen atoms in total. The molecule has 0 amide bonds. The van der Waals surface area contributed by atoms with Gasteiger partial charge in [-0.05, 0) is 44.2 Å². The van der Waals surface area contributed by atoms with Gasteiger partial charge in [0.25, 0.3) is 0 Å². The van der Waals surface area contributed by atoms with Crippen LogP contribution in [0.5, 0.6) is 0 Å². The molecule has 0 spiro atoms. The molecule has 0 bridgehead atoms. The van der Waals surface area contributed by atoms with E-state index in [1.54, 1.807) is 0 Å². The molecule has 22 heavy (non-hydrogen) atoms. The third-order valence-electron chi connectivity index (χ3n) is 4.13. The standard InChI is InChI=1S/C17H19ClN4/c1-10-3-2-4-13(18)16(10)21-15-9-14(11-5-6-11)20-17(22-15)19-12-7-8-12/h2-4,9,11-12H,5-8H2,1H3,(H2,19,20,21,22). The Morgan fingerprint density at radius 2 is 1.95 bits per heavy atom. The molecule has 0 radical (unpaired) electrons. The summed E-state index contributed by atoms with van der Waals surface area (Å²) in [6, 6.07) is 8.49. The summed E-state index contributed by atoms with van der Waals surface area (Å²) >= 11 is 6.31. The quantitative estimate of drug-likeness (QED) is 0.844. The van der Waals surface area contributed by atoms with Crippen molar-refractivity contribution in [1.29, 1.82) is 0 Å². The molecule has 0 atom stereocenters. The number of aryl methyl sites for hydroxylation is 1. The first-order valence-corrected chi connectivity index (χ1v) is 8.24. The molecule has 4 rings (SSSR count). The number of rotatable bonds is 5. The number of hydrogen-bond donors (Lipinski definition) is 2. The maximum absolute atomic E-state index is 6.31. The minimum atomic E-state index is 0.546. The Morgan fingerprint density at radius 3 is 2.64 bits per heavy atom. The molecule has 2 aromatic rings. The van der Waals surface area contributed by atoms with Crippen molar-refractivity contribution in [3.05, 3.63) is 40.5 Å². The van der Waals surface area contributed by atoms with Crippen molar-refractivity contribution in [1.82, 2.24) is 9.97 Å². The predicted molar refractivity (Wildman–Crippen MR) is 90.1 cm³/mol. The number of benzene rings is 1. The van der Waals surface area contributed by atoms with Crippen molar-refractivity contribution in [3.8, 4) is 0 Å². The van der Waals surface area contributed by atoms with Crippen LogP contribution in [-0.2, 0) is 0 Å². The molecule has 0 saturated heterocycles. The first-order valence-electron chi connectivity index (χ1n) is 7.87. The van der Waals surface area contributed by atoms with E-state index < -0.39 is 0 Å². The van der Waals surface area contributed by atoms with Crippen LogP contribution in [0.15, 0.2) is 24.3 Å². The first-order chi connectivity index (χ1) is 10.7. The molecule has 0 aliphatic heterocycles. The van der Waals surface area contributed by atoms with Gasteiger partial charge in [-0.15, -0.1) is 0 Å². The lowest BCUT2D eigenvalue weighted by Crippen LogP contribution is -2.08. The molecule has 1 aromatic heterocycles. The Bertz CT molecular complexity index is 688. The Morgan fingerprint density at radius 1 is 1.14 bits per heavy atom. The van der Waals surface area contributed by atoms with Crippen LogP contribution in [0, 0.1) is 6.92 Å². The Kier molecular flexibility index (Phi) is 3.41. The lowest BCUT2D eigenvalue weighted by Gasteiger charge is -2.13. The van der Waals surface area contributed by atoms with Gasteiger partial charge in [-0.25, -0.2) is 4.98 Å². The van der Waals surface area contributed by atoms with Crippen molar-refractivity contribution >= 4 is 29.1 Å². The summed E-state index contributed by atoms with van der Waals surface area (Å²) in [5.74, 6) is 2.14. The van der Waals surface area contributed by atoms with Crippen molar-refractivity contribution < 1.29 is 0 Å². The molecule has 2 N–H and O–H groups in total. The Hall–Kier alpha value is -1.81. The van der Waals surface area contributed by atoms with Crippen LogP contribution >= 0.6 is 11.6 Å². The largest absolute Gasteiger partial charge is 0.351 e. The van der Waals surface area contributed by atoms with Crippen molar-refractivity contribution in [3.63, 3.8) is 0 Å². The zero-order valence-electron chi connectivity index (χ0n) is 12.6. The number of nitrogens with one attached hydrogen (secondary N) is 2. The van der Waals surface area contributed by atoms with Crippen LogP contribution in [0.2, 0.25) is 5.02 Å². The first kappa shape index (κ1) is 13.8. The van der Waals surface area contributed by atoms with Gasteiger partial charge >= 0.3 is 0 Å². The smallest absolute Gasteiger partial charge is 0.225 e. The van der Waals surface area contributed by atoms with E-state index in [-0.39, 0.29) is 0 Å². The average molecular weight is 315 g/mol. The van der Waals surface area contributed by atoms with Gasteiger partial charge in [-0.2, -0.15) is 4.98 Å². The molecule has 114 valence electrons. The van der Waals surface area contributed by atoms with Crippen LogP contribution < -0.4 is 10.6 Å². The zero-order chi connectivity index (χ0) is 15.1. The number of halogens is 1. The predicted octanol–water partition coefficient (Wildman–Crippen LogP) is 4.63. The van der Waals surface area contributed by atoms with Crippen molar-refractivity contribution in [2.45, 2.75) is 44.6 Å². The van der Waals surface area contributed by atoms with Crippen LogP contribution in [0.4, 0.5) is 17.5 Å². The number of nitrogens with zero attached hydrogens (tertiary/aromatic N) is 2. The van der Waals surface area contributed by atoms with E-state index in [4.69, 9.17) is 11.6 Å². The molecule has 1 heterocycles. The van der Waals surface area contributed by atoms with Gasteiger partial charge in [0.1, 0.15) is 5.82 Å². The van der Waals surface area contributed by atoms with E-state index in [2.05, 4.69) is 26.7 Å². The molecule has 1 aromatic carbocycles. The normalized spacial score (nSPS) is 17.4. The summed E-state index contributed by atoms with van der Waals surface area (Å²) in [6.07, 6.45) is 4.88. The third-order valence-corrected chi connectivity index (χ3v) is 4.44. The number of hydrogen-bond acceptors (Lipinski definition) is 4. The van der Waals surface area contributed by atoms with Crippen LogP contribution in [0.3, 0.4) is 0 Å². The van der Waals surface area contributed by atoms with E-state index in [0.717, 1.165) is 28.7 Å². The monoisotopic (exact) mass is 314 g/mol. The van der Waals surface area contributed by atoms with E-state index in [1.165, 1.54) is 25.7 Å². The highest BCUT2D eigenvalue weighted by Gasteiger charge is 2.28. The minimum absolute atomic E-state index is 0.546. The fourth-order valence-electron chi connectivity index (χ4n) is 2.51. The van der Waals surface area contributed by atoms with Gasteiger partial charge in [-0.1, -0.05) is 23.7 Å². The highest BCUT2D eigenvalue weighted by molar-refractivity contribution is 6.33. The fourth-order valence-corrected chi connectivity index (χ4v) is 2.78. The maximum Gasteiger partial charge on any atom is 0.225 e. The molecule has 2 saturated carbocycles. The van der Waals surface area contributed by atoms with Gasteiger partial charge < -0.3 is 10.6 Å². The highest BCUT2D eigenvalue weighted by atomic mass is 35.5. The second-order valence-corrected chi connectivity index (χ2v) is 6.66. The van der Waals surface area contributed by atoms with Crippen LogP contribution in [-0.4, -0.2) is 16.0 Å². The topological polar surface area (TPSA) is 49.8 Å². The number of anilines is 3. The van der Waals surface area contributed by atoms with Crippen LogP contribution in [0.1, 0.15) is 42.9 Å². The lowest BCUT2D eigenvalue weighted by molar-refractivity contribution is 0.968. The van der Waals surface area contributed by atoms with E-state index in [1.807, 2.05) is 25.1 Å². The van der Waals surface area contributed by atoms with E-state index in [9.17, 15) is 0 Å². The summed E-state index contributed by atoms with van der Waals surface area (Å²) in [4.78, 5) is 9.28. The highest BCUT2D eigenvalue weighted by Crippen LogP contribution is 2.40. The summed E-state index contributed by atoms with van der Waals surface area (Å²) in [7, 11) is 0. The second-order valence-electron chi connectivity index (χ2n) is 6.25. The summed E-state index contributed by atoms with van der Waals surface area (Å²) < 4.78 is 0. The minimum Gasteiger partial charge on any atom is -0.351 e. The summed E-state index contributed by atoms with van der Waals surface area (Å²) in [5.41, 5.74) is 3.16. The van der Waals surface area contributed by atoms with Crippen molar-refractivity contribution in [2.24, 2.45) is 0 Å². The molecule has 2 aliphatic rings. The molecule has 5 heteroatoms. The lowest BCUT2D eigenvalue weighted by atomic mass is 10.2. The van der Waals surface area contributed by atoms with Gasteiger partial charge in [0.2, 0.25) is 5.95 Å². The molecular formula is C17H19ClN4. The summed E-state index contributed by atoms with van der Waals surface area (Å²) in [5, 5.41) is 7.48. The number of para-hydroxylation sites is 1. The molecule has 0 unspecified atom stereocenters. The summed E-state index contributed by atoms with van der Waals surface area (Å²) in [6.45, 7) is 2.04. The molecule has 2 fully saturated rings. The molecular weight excluding hydrogens is 296 g/mol. The van der Waals surface area contributed by atoms with Gasteiger partial charge in [0.05, 0.1) is 16.4 Å². The van der Waals surface area contributed by atoms with E-state index >= 15 is 0 Å². The average Bonchev–Trinajstić information content (AvgIpc) is 3.35. The van der Waals surface area contributed by atoms with Crippen molar-refractivity contribution in [2.75, 3.05) is 10.6 Å². The number of aromatic nitrogens is 2. The van der Waals surface area contributed by atoms with E-state index in [0.29, 0.717) is 17.0 Å². The maximum atomic E-state index is 6.31. The Labute approximate surface area is 135 Å². The molecule has 2 aliphatic carbocycles. The van der Waals surface area contributed by atoms with Gasteiger partial charge in [0.15, 0.2) is 0 Å².